The van der Waals surface area contributed by atoms with Crippen LogP contribution in [0.3, 0.4) is 0 Å². The summed E-state index contributed by atoms with van der Waals surface area (Å²) in [5.41, 5.74) is 1.49. The van der Waals surface area contributed by atoms with Crippen molar-refractivity contribution in [1.29, 1.82) is 0 Å². The molecule has 1 aliphatic rings. The standard InChI is InChI=1S/C12H16N6O/c1-13-12(19)8-3-2-4-18(5-8)11-9-10(15-6-14-9)16-7-17-11/h6-8H,2-5H2,1H3,(H,13,19)(H,14,15,16,17). The fourth-order valence-electron chi connectivity index (χ4n) is 2.58. The summed E-state index contributed by atoms with van der Waals surface area (Å²) in [5.74, 6) is 0.947. The minimum absolute atomic E-state index is 0.0201. The van der Waals surface area contributed by atoms with Crippen molar-refractivity contribution in [3.05, 3.63) is 12.7 Å². The third-order valence-corrected chi connectivity index (χ3v) is 3.54. The van der Waals surface area contributed by atoms with Crippen LogP contribution in [0.5, 0.6) is 0 Å². The van der Waals surface area contributed by atoms with Crippen molar-refractivity contribution in [1.82, 2.24) is 25.3 Å². The lowest BCUT2D eigenvalue weighted by molar-refractivity contribution is -0.124. The van der Waals surface area contributed by atoms with Gasteiger partial charge in [-0.15, -0.1) is 0 Å². The number of amides is 1. The van der Waals surface area contributed by atoms with Gasteiger partial charge in [-0.25, -0.2) is 15.0 Å². The second-order valence-corrected chi connectivity index (χ2v) is 4.70. The summed E-state index contributed by atoms with van der Waals surface area (Å²) in [4.78, 5) is 29.5. The molecule has 3 heterocycles. The van der Waals surface area contributed by atoms with Gasteiger partial charge in [-0.3, -0.25) is 4.79 Å². The van der Waals surface area contributed by atoms with Crippen LogP contribution in [0, 0.1) is 5.92 Å². The van der Waals surface area contributed by atoms with Crippen molar-refractivity contribution in [2.45, 2.75) is 12.8 Å². The van der Waals surface area contributed by atoms with Gasteiger partial charge in [0.2, 0.25) is 5.91 Å². The Kier molecular flexibility index (Phi) is 3.02. The lowest BCUT2D eigenvalue weighted by atomic mass is 9.97. The highest BCUT2D eigenvalue weighted by Gasteiger charge is 2.27. The molecular formula is C12H16N6O. The van der Waals surface area contributed by atoms with E-state index in [4.69, 9.17) is 0 Å². The number of nitrogens with zero attached hydrogens (tertiary/aromatic N) is 4. The van der Waals surface area contributed by atoms with Gasteiger partial charge in [0.15, 0.2) is 11.5 Å². The fourth-order valence-corrected chi connectivity index (χ4v) is 2.58. The van der Waals surface area contributed by atoms with Crippen LogP contribution < -0.4 is 10.2 Å². The van der Waals surface area contributed by atoms with Gasteiger partial charge in [-0.05, 0) is 12.8 Å². The van der Waals surface area contributed by atoms with Gasteiger partial charge in [-0.1, -0.05) is 0 Å². The molecule has 0 radical (unpaired) electrons. The van der Waals surface area contributed by atoms with Gasteiger partial charge in [0.05, 0.1) is 12.2 Å². The summed E-state index contributed by atoms with van der Waals surface area (Å²) in [6.45, 7) is 1.59. The Bertz CT molecular complexity index is 595. The highest BCUT2D eigenvalue weighted by molar-refractivity contribution is 5.84. The second kappa shape index (κ2) is 4.83. The first-order valence-electron chi connectivity index (χ1n) is 6.40. The summed E-state index contributed by atoms with van der Waals surface area (Å²) in [7, 11) is 1.68. The molecule has 7 nitrogen and oxygen atoms in total. The van der Waals surface area contributed by atoms with E-state index in [2.05, 4.69) is 30.2 Å². The number of carbonyl (C=O) groups is 1. The van der Waals surface area contributed by atoms with Gasteiger partial charge < -0.3 is 15.2 Å². The summed E-state index contributed by atoms with van der Waals surface area (Å²) in [5, 5.41) is 2.72. The van der Waals surface area contributed by atoms with E-state index in [-0.39, 0.29) is 11.8 Å². The number of H-pyrrole nitrogens is 1. The minimum atomic E-state index is 0.0201. The third-order valence-electron chi connectivity index (χ3n) is 3.54. The first-order chi connectivity index (χ1) is 9.29. The zero-order valence-electron chi connectivity index (χ0n) is 10.8. The van der Waals surface area contributed by atoms with Crippen molar-refractivity contribution < 1.29 is 4.79 Å². The molecule has 0 saturated carbocycles. The molecule has 7 heteroatoms. The highest BCUT2D eigenvalue weighted by atomic mass is 16.1. The van der Waals surface area contributed by atoms with Gasteiger partial charge in [0.25, 0.3) is 0 Å². The van der Waals surface area contributed by atoms with E-state index >= 15 is 0 Å². The van der Waals surface area contributed by atoms with Gasteiger partial charge in [0.1, 0.15) is 11.8 Å². The Hall–Kier alpha value is -2.18. The molecule has 2 aromatic rings. The fraction of sp³-hybridized carbons (Fsp3) is 0.500. The van der Waals surface area contributed by atoms with Crippen LogP contribution in [-0.2, 0) is 4.79 Å². The first-order valence-corrected chi connectivity index (χ1v) is 6.40. The predicted octanol–water partition coefficient (Wildman–Crippen LogP) is 0.315. The largest absolute Gasteiger partial charge is 0.359 e. The second-order valence-electron chi connectivity index (χ2n) is 4.70. The van der Waals surface area contributed by atoms with E-state index in [0.717, 1.165) is 30.7 Å². The number of nitrogens with one attached hydrogen (secondary N) is 2. The molecule has 1 saturated heterocycles. The van der Waals surface area contributed by atoms with Gasteiger partial charge in [0, 0.05) is 20.1 Å². The molecule has 1 atom stereocenters. The number of anilines is 1. The van der Waals surface area contributed by atoms with E-state index in [9.17, 15) is 4.79 Å². The Morgan fingerprint density at radius 2 is 2.37 bits per heavy atom. The number of aromatic amines is 1. The molecular weight excluding hydrogens is 244 g/mol. The molecule has 3 rings (SSSR count). The average Bonchev–Trinajstić information content (AvgIpc) is 2.94. The molecule has 2 aromatic heterocycles. The number of aromatic nitrogens is 4. The van der Waals surface area contributed by atoms with E-state index < -0.39 is 0 Å². The van der Waals surface area contributed by atoms with Crippen molar-refractivity contribution in [2.75, 3.05) is 25.0 Å². The van der Waals surface area contributed by atoms with E-state index in [1.807, 2.05) is 0 Å². The summed E-state index contributed by atoms with van der Waals surface area (Å²) in [6, 6.07) is 0. The minimum Gasteiger partial charge on any atom is -0.359 e. The van der Waals surface area contributed by atoms with E-state index in [1.54, 1.807) is 13.4 Å². The molecule has 1 fully saturated rings. The first kappa shape index (κ1) is 11.9. The summed E-state index contributed by atoms with van der Waals surface area (Å²) in [6.07, 6.45) is 5.04. The topological polar surface area (TPSA) is 86.8 Å². The van der Waals surface area contributed by atoms with Crippen molar-refractivity contribution in [3.8, 4) is 0 Å². The van der Waals surface area contributed by atoms with Crippen LogP contribution in [0.15, 0.2) is 12.7 Å². The Morgan fingerprint density at radius 3 is 3.21 bits per heavy atom. The predicted molar refractivity (Wildman–Crippen MR) is 70.7 cm³/mol. The number of fused-ring (bicyclic) bond motifs is 1. The molecule has 1 unspecified atom stereocenters. The maximum Gasteiger partial charge on any atom is 0.224 e. The van der Waals surface area contributed by atoms with Crippen LogP contribution >= 0.6 is 0 Å². The monoisotopic (exact) mass is 260 g/mol. The molecule has 100 valence electrons. The summed E-state index contributed by atoms with van der Waals surface area (Å²) >= 11 is 0. The van der Waals surface area contributed by atoms with Crippen molar-refractivity contribution in [3.63, 3.8) is 0 Å². The average molecular weight is 260 g/mol. The Balaban J connectivity index is 1.89. The number of rotatable bonds is 2. The third kappa shape index (κ3) is 2.11. The summed E-state index contributed by atoms with van der Waals surface area (Å²) < 4.78 is 0. The SMILES string of the molecule is CNC(=O)C1CCCN(c2ncnc3nc[nH]c23)C1. The highest BCUT2D eigenvalue weighted by Crippen LogP contribution is 2.25. The molecule has 1 aliphatic heterocycles. The molecule has 1 amide bonds. The Morgan fingerprint density at radius 1 is 1.47 bits per heavy atom. The van der Waals surface area contributed by atoms with E-state index in [0.29, 0.717) is 12.2 Å². The lowest BCUT2D eigenvalue weighted by Crippen LogP contribution is -2.42. The molecule has 0 aromatic carbocycles. The van der Waals surface area contributed by atoms with Gasteiger partial charge >= 0.3 is 0 Å². The van der Waals surface area contributed by atoms with Crippen molar-refractivity contribution in [2.24, 2.45) is 5.92 Å². The molecule has 0 bridgehead atoms. The molecule has 0 spiro atoms. The number of piperidine rings is 1. The molecule has 0 aliphatic carbocycles. The smallest absolute Gasteiger partial charge is 0.224 e. The maximum absolute atomic E-state index is 11.8. The van der Waals surface area contributed by atoms with Crippen molar-refractivity contribution >= 4 is 22.9 Å². The van der Waals surface area contributed by atoms with Crippen LogP contribution in [-0.4, -0.2) is 46.0 Å². The lowest BCUT2D eigenvalue weighted by Gasteiger charge is -2.32. The number of imidazole rings is 1. The zero-order valence-corrected chi connectivity index (χ0v) is 10.8. The Labute approximate surface area is 110 Å². The molecule has 2 N–H and O–H groups in total. The number of carbonyl (C=O) groups excluding carboxylic acids is 1. The van der Waals surface area contributed by atoms with Crippen LogP contribution in [0.4, 0.5) is 5.82 Å². The quantitative estimate of drug-likeness (QED) is 0.811. The van der Waals surface area contributed by atoms with E-state index in [1.165, 1.54) is 6.33 Å². The number of hydrogen-bond donors (Lipinski definition) is 2. The maximum atomic E-state index is 11.8. The van der Waals surface area contributed by atoms with Gasteiger partial charge in [-0.2, -0.15) is 0 Å². The zero-order chi connectivity index (χ0) is 13.2. The normalized spacial score (nSPS) is 19.6. The van der Waals surface area contributed by atoms with Crippen LogP contribution in [0.25, 0.3) is 11.2 Å². The molecule has 19 heavy (non-hydrogen) atoms. The van der Waals surface area contributed by atoms with Crippen LogP contribution in [0.2, 0.25) is 0 Å². The number of hydrogen-bond acceptors (Lipinski definition) is 5. The van der Waals surface area contributed by atoms with Crippen LogP contribution in [0.1, 0.15) is 12.8 Å².